The highest BCUT2D eigenvalue weighted by atomic mass is 79.9. The molecule has 2 N–H and O–H groups in total. The molecule has 0 bridgehead atoms. The van der Waals surface area contributed by atoms with Gasteiger partial charge < -0.3 is 10.6 Å². The number of nitrogens with one attached hydrogen (secondary N) is 2. The number of sulfone groups is 1. The molecule has 0 fully saturated rings. The van der Waals surface area contributed by atoms with Crippen LogP contribution in [0.15, 0.2) is 53.0 Å². The van der Waals surface area contributed by atoms with Crippen molar-refractivity contribution in [2.24, 2.45) is 0 Å². The first-order valence-corrected chi connectivity index (χ1v) is 10.3. The molecule has 0 aliphatic rings. The summed E-state index contributed by atoms with van der Waals surface area (Å²) in [5.74, 6) is -2.14. The molecule has 0 saturated carbocycles. The minimum atomic E-state index is -3.95. The predicted molar refractivity (Wildman–Crippen MR) is 106 cm³/mol. The van der Waals surface area contributed by atoms with Gasteiger partial charge in [-0.25, -0.2) is 8.42 Å². The molecule has 0 aliphatic carbocycles. The van der Waals surface area contributed by atoms with Crippen molar-refractivity contribution in [3.05, 3.63) is 58.6 Å². The highest BCUT2D eigenvalue weighted by Gasteiger charge is 2.30. The van der Waals surface area contributed by atoms with Gasteiger partial charge in [0.2, 0.25) is 11.8 Å². The molecule has 2 aromatic rings. The molecular weight excluding hydrogens is 420 g/mol. The van der Waals surface area contributed by atoms with E-state index in [4.69, 9.17) is 0 Å². The van der Waals surface area contributed by atoms with E-state index >= 15 is 0 Å². The van der Waals surface area contributed by atoms with E-state index in [0.29, 0.717) is 11.4 Å². The van der Waals surface area contributed by atoms with Crippen molar-refractivity contribution >= 4 is 49.0 Å². The van der Waals surface area contributed by atoms with Gasteiger partial charge in [-0.2, -0.15) is 0 Å². The van der Waals surface area contributed by atoms with E-state index in [1.165, 1.54) is 6.92 Å². The van der Waals surface area contributed by atoms with Crippen LogP contribution in [0.2, 0.25) is 0 Å². The predicted octanol–water partition coefficient (Wildman–Crippen LogP) is 3.14. The molecule has 0 heterocycles. The standard InChI is InChI=1S/C18H19BrN2O4S/c1-12-3-7-15(8-4-12)20-17(22)11-26(24,25)13(2)18(23)21-16-9-5-14(19)6-10-16/h3-10,13H,11H2,1-2H3,(H,20,22)(H,21,23). The monoisotopic (exact) mass is 438 g/mol. The normalized spacial score (nSPS) is 12.3. The summed E-state index contributed by atoms with van der Waals surface area (Å²) < 4.78 is 25.5. The zero-order chi connectivity index (χ0) is 19.3. The largest absolute Gasteiger partial charge is 0.325 e. The van der Waals surface area contributed by atoms with Crippen molar-refractivity contribution in [1.82, 2.24) is 0 Å². The summed E-state index contributed by atoms with van der Waals surface area (Å²) in [7, 11) is -3.95. The van der Waals surface area contributed by atoms with Crippen LogP contribution in [-0.2, 0) is 19.4 Å². The molecule has 0 saturated heterocycles. The molecule has 2 rings (SSSR count). The molecule has 2 aromatic carbocycles. The van der Waals surface area contributed by atoms with Gasteiger partial charge >= 0.3 is 0 Å². The summed E-state index contributed by atoms with van der Waals surface area (Å²) in [6.07, 6.45) is 0. The fraction of sp³-hybridized carbons (Fsp3) is 0.222. The number of hydrogen-bond acceptors (Lipinski definition) is 4. The summed E-state index contributed by atoms with van der Waals surface area (Å²) in [5, 5.41) is 3.70. The van der Waals surface area contributed by atoms with Crippen LogP contribution in [0.4, 0.5) is 11.4 Å². The van der Waals surface area contributed by atoms with Gasteiger partial charge in [0, 0.05) is 15.8 Å². The summed E-state index contributed by atoms with van der Waals surface area (Å²) in [4.78, 5) is 24.2. The highest BCUT2D eigenvalue weighted by molar-refractivity contribution is 9.10. The van der Waals surface area contributed by atoms with Crippen molar-refractivity contribution in [3.8, 4) is 0 Å². The van der Waals surface area contributed by atoms with E-state index in [1.807, 2.05) is 6.92 Å². The summed E-state index contributed by atoms with van der Waals surface area (Å²) in [6.45, 7) is 3.17. The topological polar surface area (TPSA) is 92.3 Å². The second kappa shape index (κ2) is 8.46. The van der Waals surface area contributed by atoms with Gasteiger partial charge in [0.25, 0.3) is 0 Å². The number of anilines is 2. The van der Waals surface area contributed by atoms with Gasteiger partial charge in [-0.3, -0.25) is 9.59 Å². The summed E-state index contributed by atoms with van der Waals surface area (Å²) in [5.41, 5.74) is 2.00. The third kappa shape index (κ3) is 5.67. The van der Waals surface area contributed by atoms with Crippen molar-refractivity contribution in [2.45, 2.75) is 19.1 Å². The molecular formula is C18H19BrN2O4S. The minimum Gasteiger partial charge on any atom is -0.325 e. The lowest BCUT2D eigenvalue weighted by Crippen LogP contribution is -2.37. The van der Waals surface area contributed by atoms with Crippen LogP contribution in [-0.4, -0.2) is 31.2 Å². The molecule has 1 atom stereocenters. The SMILES string of the molecule is Cc1ccc(NC(=O)CS(=O)(=O)C(C)C(=O)Nc2ccc(Br)cc2)cc1. The number of carbonyl (C=O) groups is 2. The third-order valence-electron chi connectivity index (χ3n) is 3.69. The fourth-order valence-corrected chi connectivity index (χ4v) is 3.42. The maximum atomic E-state index is 12.3. The molecule has 26 heavy (non-hydrogen) atoms. The first-order valence-electron chi connectivity index (χ1n) is 7.82. The molecule has 6 nitrogen and oxygen atoms in total. The Balaban J connectivity index is 1.98. The molecule has 138 valence electrons. The molecule has 8 heteroatoms. The average molecular weight is 439 g/mol. The zero-order valence-corrected chi connectivity index (χ0v) is 16.7. The van der Waals surface area contributed by atoms with Crippen LogP contribution in [0.5, 0.6) is 0 Å². The fourth-order valence-electron chi connectivity index (χ4n) is 2.08. The Labute approximate surface area is 161 Å². The van der Waals surface area contributed by atoms with Crippen LogP contribution in [0.25, 0.3) is 0 Å². The smallest absolute Gasteiger partial charge is 0.242 e. The Bertz CT molecular complexity index is 894. The maximum Gasteiger partial charge on any atom is 0.242 e. The molecule has 0 radical (unpaired) electrons. The number of hydrogen-bond donors (Lipinski definition) is 2. The van der Waals surface area contributed by atoms with Crippen LogP contribution in [0.1, 0.15) is 12.5 Å². The van der Waals surface area contributed by atoms with Gasteiger partial charge in [0.15, 0.2) is 9.84 Å². The van der Waals surface area contributed by atoms with Crippen molar-refractivity contribution in [3.63, 3.8) is 0 Å². The molecule has 0 spiro atoms. The molecule has 1 unspecified atom stereocenters. The Morgan fingerprint density at radius 2 is 1.46 bits per heavy atom. The molecule has 2 amide bonds. The first-order chi connectivity index (χ1) is 12.2. The van der Waals surface area contributed by atoms with Crippen LogP contribution in [0.3, 0.4) is 0 Å². The van der Waals surface area contributed by atoms with E-state index in [1.54, 1.807) is 48.5 Å². The van der Waals surface area contributed by atoms with E-state index in [0.717, 1.165) is 10.0 Å². The second-order valence-corrected chi connectivity index (χ2v) is 9.10. The first kappa shape index (κ1) is 20.1. The van der Waals surface area contributed by atoms with Crippen LogP contribution >= 0.6 is 15.9 Å². The van der Waals surface area contributed by atoms with Gasteiger partial charge in [-0.1, -0.05) is 33.6 Å². The Hall–Kier alpha value is -2.19. The van der Waals surface area contributed by atoms with Gasteiger partial charge in [0.05, 0.1) is 0 Å². The lowest BCUT2D eigenvalue weighted by Gasteiger charge is -2.13. The van der Waals surface area contributed by atoms with Gasteiger partial charge in [0.1, 0.15) is 11.0 Å². The Kier molecular flexibility index (Phi) is 6.55. The zero-order valence-electron chi connectivity index (χ0n) is 14.3. The highest BCUT2D eigenvalue weighted by Crippen LogP contribution is 2.15. The number of benzene rings is 2. The van der Waals surface area contributed by atoms with E-state index in [2.05, 4.69) is 26.6 Å². The van der Waals surface area contributed by atoms with Gasteiger partial charge in [-0.05, 0) is 50.2 Å². The lowest BCUT2D eigenvalue weighted by molar-refractivity contribution is -0.115. The number of aryl methyl sites for hydroxylation is 1. The third-order valence-corrected chi connectivity index (χ3v) is 6.17. The Morgan fingerprint density at radius 1 is 0.962 bits per heavy atom. The summed E-state index contributed by atoms with van der Waals surface area (Å²) >= 11 is 3.28. The number of rotatable bonds is 6. The van der Waals surface area contributed by atoms with Crippen LogP contribution < -0.4 is 10.6 Å². The van der Waals surface area contributed by atoms with E-state index in [9.17, 15) is 18.0 Å². The quantitative estimate of drug-likeness (QED) is 0.724. The number of amides is 2. The molecule has 0 aromatic heterocycles. The van der Waals surface area contributed by atoms with Crippen molar-refractivity contribution in [2.75, 3.05) is 16.4 Å². The van der Waals surface area contributed by atoms with Gasteiger partial charge in [-0.15, -0.1) is 0 Å². The second-order valence-electron chi connectivity index (χ2n) is 5.86. The minimum absolute atomic E-state index is 0.476. The lowest BCUT2D eigenvalue weighted by atomic mass is 10.2. The van der Waals surface area contributed by atoms with Crippen LogP contribution in [0, 0.1) is 6.92 Å². The molecule has 0 aliphatic heterocycles. The number of halogens is 1. The maximum absolute atomic E-state index is 12.3. The Morgan fingerprint density at radius 3 is 2.04 bits per heavy atom. The van der Waals surface area contributed by atoms with Crippen molar-refractivity contribution in [1.29, 1.82) is 0 Å². The number of carbonyl (C=O) groups excluding carboxylic acids is 2. The van der Waals surface area contributed by atoms with E-state index < -0.39 is 32.7 Å². The van der Waals surface area contributed by atoms with Crippen molar-refractivity contribution < 1.29 is 18.0 Å². The summed E-state index contributed by atoms with van der Waals surface area (Å²) in [6, 6.07) is 13.7. The van der Waals surface area contributed by atoms with E-state index in [-0.39, 0.29) is 0 Å². The average Bonchev–Trinajstić information content (AvgIpc) is 2.57.